The average molecular weight is 331 g/mol. The number of aliphatic hydroxyl groups excluding tert-OH is 1. The van der Waals surface area contributed by atoms with Crippen LogP contribution in [0.2, 0.25) is 0 Å². The van der Waals surface area contributed by atoms with E-state index in [-0.39, 0.29) is 5.91 Å². The molecule has 0 spiro atoms. The largest absolute Gasteiger partial charge is 0.388 e. The minimum absolute atomic E-state index is 0.145. The van der Waals surface area contributed by atoms with Crippen molar-refractivity contribution in [3.05, 3.63) is 96.6 Å². The predicted octanol–water partition coefficient (Wildman–Crippen LogP) is 4.72. The van der Waals surface area contributed by atoms with Crippen molar-refractivity contribution in [3.8, 4) is 0 Å². The first-order valence-corrected chi connectivity index (χ1v) is 8.35. The highest BCUT2D eigenvalue weighted by Gasteiger charge is 2.29. The van der Waals surface area contributed by atoms with Crippen molar-refractivity contribution < 1.29 is 9.90 Å². The minimum atomic E-state index is -0.858. The molecule has 0 fully saturated rings. The molecule has 3 heteroatoms. The number of hydrogen-bond donors (Lipinski definition) is 1. The summed E-state index contributed by atoms with van der Waals surface area (Å²) in [6.45, 7) is 1.76. The Balaban J connectivity index is 1.94. The third-order valence-electron chi connectivity index (χ3n) is 4.25. The van der Waals surface area contributed by atoms with E-state index in [1.54, 1.807) is 11.8 Å². The van der Waals surface area contributed by atoms with Crippen LogP contribution in [0.25, 0.3) is 0 Å². The summed E-state index contributed by atoms with van der Waals surface area (Å²) in [6, 6.07) is 28.3. The number of para-hydroxylation sites is 2. The molecule has 25 heavy (non-hydrogen) atoms. The molecule has 0 heterocycles. The highest BCUT2D eigenvalue weighted by Crippen LogP contribution is 2.31. The SMILES string of the molecule is C[C@@H](C(=O)N(c1ccccc1)c1ccccc1)[C@H](O)c1ccccc1. The molecule has 0 unspecified atom stereocenters. The summed E-state index contributed by atoms with van der Waals surface area (Å²) in [5.41, 5.74) is 2.31. The number of rotatable bonds is 5. The molecule has 1 N–H and O–H groups in total. The topological polar surface area (TPSA) is 40.5 Å². The number of hydrogen-bond acceptors (Lipinski definition) is 2. The van der Waals surface area contributed by atoms with E-state index in [9.17, 15) is 9.90 Å². The van der Waals surface area contributed by atoms with Gasteiger partial charge in [-0.2, -0.15) is 0 Å². The third-order valence-corrected chi connectivity index (χ3v) is 4.25. The van der Waals surface area contributed by atoms with Gasteiger partial charge in [0, 0.05) is 11.4 Å². The van der Waals surface area contributed by atoms with Crippen LogP contribution >= 0.6 is 0 Å². The smallest absolute Gasteiger partial charge is 0.237 e. The number of anilines is 2. The van der Waals surface area contributed by atoms with Gasteiger partial charge in [0.1, 0.15) is 0 Å². The predicted molar refractivity (Wildman–Crippen MR) is 101 cm³/mol. The molecule has 0 aromatic heterocycles. The summed E-state index contributed by atoms with van der Waals surface area (Å²) < 4.78 is 0. The molecule has 0 bridgehead atoms. The fourth-order valence-corrected chi connectivity index (χ4v) is 2.84. The molecule has 0 aliphatic carbocycles. The Morgan fingerprint density at radius 1 is 0.760 bits per heavy atom. The van der Waals surface area contributed by atoms with Gasteiger partial charge < -0.3 is 5.11 Å². The Kier molecular flexibility index (Phi) is 5.26. The molecular weight excluding hydrogens is 310 g/mol. The van der Waals surface area contributed by atoms with Crippen molar-refractivity contribution in [2.75, 3.05) is 4.90 Å². The van der Waals surface area contributed by atoms with Crippen molar-refractivity contribution in [2.24, 2.45) is 5.92 Å². The van der Waals surface area contributed by atoms with Crippen LogP contribution in [0.3, 0.4) is 0 Å². The molecule has 0 saturated heterocycles. The molecule has 3 aromatic rings. The fourth-order valence-electron chi connectivity index (χ4n) is 2.84. The first kappa shape index (κ1) is 16.9. The molecule has 0 saturated carbocycles. The number of benzene rings is 3. The second-order valence-electron chi connectivity index (χ2n) is 5.99. The van der Waals surface area contributed by atoms with E-state index < -0.39 is 12.0 Å². The lowest BCUT2D eigenvalue weighted by atomic mass is 9.95. The van der Waals surface area contributed by atoms with Gasteiger partial charge in [0.15, 0.2) is 0 Å². The van der Waals surface area contributed by atoms with Gasteiger partial charge in [-0.25, -0.2) is 0 Å². The summed E-state index contributed by atoms with van der Waals surface area (Å²) in [5.74, 6) is -0.725. The lowest BCUT2D eigenvalue weighted by Crippen LogP contribution is -2.34. The summed E-state index contributed by atoms with van der Waals surface area (Å²) in [5, 5.41) is 10.7. The van der Waals surface area contributed by atoms with E-state index in [0.717, 1.165) is 16.9 Å². The number of carbonyl (C=O) groups is 1. The second-order valence-corrected chi connectivity index (χ2v) is 5.99. The Morgan fingerprint density at radius 2 is 1.16 bits per heavy atom. The van der Waals surface area contributed by atoms with Crippen LogP contribution in [0.15, 0.2) is 91.0 Å². The third kappa shape index (κ3) is 3.78. The monoisotopic (exact) mass is 331 g/mol. The number of aliphatic hydroxyl groups is 1. The van der Waals surface area contributed by atoms with E-state index in [2.05, 4.69) is 0 Å². The van der Waals surface area contributed by atoms with Crippen molar-refractivity contribution >= 4 is 17.3 Å². The van der Waals surface area contributed by atoms with Gasteiger partial charge >= 0.3 is 0 Å². The lowest BCUT2D eigenvalue weighted by molar-refractivity contribution is -0.124. The molecule has 0 aliphatic heterocycles. The van der Waals surface area contributed by atoms with Gasteiger partial charge in [-0.05, 0) is 29.8 Å². The molecular formula is C22H21NO2. The van der Waals surface area contributed by atoms with Gasteiger partial charge in [0.2, 0.25) is 5.91 Å². The number of carbonyl (C=O) groups excluding carboxylic acids is 1. The summed E-state index contributed by atoms with van der Waals surface area (Å²) >= 11 is 0. The molecule has 3 rings (SSSR count). The van der Waals surface area contributed by atoms with Crippen LogP contribution in [-0.2, 0) is 4.79 Å². The van der Waals surface area contributed by atoms with Crippen LogP contribution in [0.4, 0.5) is 11.4 Å². The van der Waals surface area contributed by atoms with Gasteiger partial charge in [-0.15, -0.1) is 0 Å². The summed E-state index contributed by atoms with van der Waals surface area (Å²) in [7, 11) is 0. The summed E-state index contributed by atoms with van der Waals surface area (Å²) in [6.07, 6.45) is -0.858. The molecule has 1 amide bonds. The van der Waals surface area contributed by atoms with Crippen LogP contribution in [-0.4, -0.2) is 11.0 Å². The maximum absolute atomic E-state index is 13.2. The van der Waals surface area contributed by atoms with E-state index >= 15 is 0 Å². The van der Waals surface area contributed by atoms with E-state index in [0.29, 0.717) is 0 Å². The molecule has 3 aromatic carbocycles. The fraction of sp³-hybridized carbons (Fsp3) is 0.136. The first-order valence-electron chi connectivity index (χ1n) is 8.35. The van der Waals surface area contributed by atoms with Crippen LogP contribution in [0.5, 0.6) is 0 Å². The Labute approximate surface area is 148 Å². The second kappa shape index (κ2) is 7.77. The van der Waals surface area contributed by atoms with Crippen molar-refractivity contribution in [2.45, 2.75) is 13.0 Å². The molecule has 0 aliphatic rings. The van der Waals surface area contributed by atoms with E-state index in [1.807, 2.05) is 91.0 Å². The quantitative estimate of drug-likeness (QED) is 0.735. The van der Waals surface area contributed by atoms with Gasteiger partial charge in [0.05, 0.1) is 12.0 Å². The van der Waals surface area contributed by atoms with Crippen LogP contribution in [0, 0.1) is 5.92 Å². The number of nitrogens with zero attached hydrogens (tertiary/aromatic N) is 1. The van der Waals surface area contributed by atoms with Crippen molar-refractivity contribution in [1.29, 1.82) is 0 Å². The highest BCUT2D eigenvalue weighted by atomic mass is 16.3. The minimum Gasteiger partial charge on any atom is -0.388 e. The first-order chi connectivity index (χ1) is 12.2. The number of amides is 1. The highest BCUT2D eigenvalue weighted by molar-refractivity contribution is 6.01. The van der Waals surface area contributed by atoms with E-state index in [4.69, 9.17) is 0 Å². The molecule has 2 atom stereocenters. The Morgan fingerprint density at radius 3 is 1.60 bits per heavy atom. The van der Waals surface area contributed by atoms with Gasteiger partial charge in [-0.1, -0.05) is 73.7 Å². The van der Waals surface area contributed by atoms with Gasteiger partial charge in [-0.3, -0.25) is 9.69 Å². The maximum Gasteiger partial charge on any atom is 0.237 e. The maximum atomic E-state index is 13.2. The molecule has 3 nitrogen and oxygen atoms in total. The van der Waals surface area contributed by atoms with Gasteiger partial charge in [0.25, 0.3) is 0 Å². The average Bonchev–Trinajstić information content (AvgIpc) is 2.69. The zero-order chi connectivity index (χ0) is 17.6. The lowest BCUT2D eigenvalue weighted by Gasteiger charge is -2.28. The van der Waals surface area contributed by atoms with E-state index in [1.165, 1.54) is 0 Å². The van der Waals surface area contributed by atoms with Crippen molar-refractivity contribution in [3.63, 3.8) is 0 Å². The zero-order valence-electron chi connectivity index (χ0n) is 14.1. The molecule has 126 valence electrons. The van der Waals surface area contributed by atoms with Crippen LogP contribution < -0.4 is 4.90 Å². The molecule has 0 radical (unpaired) electrons. The normalized spacial score (nSPS) is 13.0. The van der Waals surface area contributed by atoms with Crippen LogP contribution in [0.1, 0.15) is 18.6 Å². The Hall–Kier alpha value is -2.91. The standard InChI is InChI=1S/C22H21NO2/c1-17(21(24)18-11-5-2-6-12-18)22(25)23(19-13-7-3-8-14-19)20-15-9-4-10-16-20/h2-17,21,24H,1H3/t17-,21+/m1/s1. The Bertz CT molecular complexity index is 764. The zero-order valence-corrected chi connectivity index (χ0v) is 14.1. The van der Waals surface area contributed by atoms with Crippen molar-refractivity contribution in [1.82, 2.24) is 0 Å². The summed E-state index contributed by atoms with van der Waals surface area (Å²) in [4.78, 5) is 14.9.